The van der Waals surface area contributed by atoms with Gasteiger partial charge in [0.25, 0.3) is 0 Å². The zero-order chi connectivity index (χ0) is 19.0. The molecular weight excluding hydrogens is 404 g/mol. The highest BCUT2D eigenvalue weighted by Gasteiger charge is 2.57. The summed E-state index contributed by atoms with van der Waals surface area (Å²) in [5.41, 5.74) is 11.8. The number of hydrogen-bond acceptors (Lipinski definition) is 8. The van der Waals surface area contributed by atoms with Crippen LogP contribution in [0.5, 0.6) is 0 Å². The SMILES string of the molecule is NC(=S)SC(CCCC(SC(N)=S)([N+](=O)[O-])[N+](=O)[O-])c1ccccc1. The van der Waals surface area contributed by atoms with E-state index in [1.807, 2.05) is 30.3 Å². The molecule has 1 rings (SSSR count). The molecule has 0 aliphatic heterocycles. The second-order valence-corrected chi connectivity index (χ2v) is 8.85. The van der Waals surface area contributed by atoms with Crippen LogP contribution >= 0.6 is 48.0 Å². The summed E-state index contributed by atoms with van der Waals surface area (Å²) in [6.07, 6.45) is 0.302. The highest BCUT2D eigenvalue weighted by Crippen LogP contribution is 2.37. The molecule has 0 bridgehead atoms. The molecule has 0 amide bonds. The van der Waals surface area contributed by atoms with Crippen LogP contribution in [0.4, 0.5) is 0 Å². The lowest BCUT2D eigenvalue weighted by Gasteiger charge is -2.19. The number of nitrogens with zero attached hydrogens (tertiary/aromatic N) is 2. The second kappa shape index (κ2) is 9.85. The number of nitrogens with two attached hydrogens (primary N) is 2. The number of rotatable bonds is 9. The second-order valence-electron chi connectivity index (χ2n) is 4.91. The van der Waals surface area contributed by atoms with Gasteiger partial charge in [0.15, 0.2) is 0 Å². The Hall–Kier alpha value is -1.50. The number of hydrogen-bond donors (Lipinski definition) is 2. The summed E-state index contributed by atoms with van der Waals surface area (Å²) in [4.78, 5) is 18.2. The zero-order valence-electron chi connectivity index (χ0n) is 12.9. The average Bonchev–Trinajstić information content (AvgIpc) is 2.52. The quantitative estimate of drug-likeness (QED) is 0.265. The van der Waals surface area contributed by atoms with Crippen LogP contribution in [0, 0.1) is 20.2 Å². The third-order valence-electron chi connectivity index (χ3n) is 3.23. The minimum atomic E-state index is -2.49. The molecule has 0 aliphatic rings. The minimum absolute atomic E-state index is 0.148. The first-order valence-electron chi connectivity index (χ1n) is 6.97. The lowest BCUT2D eigenvalue weighted by molar-refractivity contribution is -0.762. The summed E-state index contributed by atoms with van der Waals surface area (Å²) in [7, 11) is 0. The largest absolute Gasteiger partial charge is 0.512 e. The summed E-state index contributed by atoms with van der Waals surface area (Å²) in [5, 5.41) is 22.5. The Morgan fingerprint density at radius 2 is 1.68 bits per heavy atom. The van der Waals surface area contributed by atoms with Crippen LogP contribution in [0.15, 0.2) is 30.3 Å². The molecular formula is C13H16N4O4S4. The highest BCUT2D eigenvalue weighted by molar-refractivity contribution is 8.23. The first-order chi connectivity index (χ1) is 11.7. The molecule has 0 aliphatic carbocycles. The average molecular weight is 421 g/mol. The van der Waals surface area contributed by atoms with Crippen molar-refractivity contribution in [2.24, 2.45) is 11.5 Å². The maximum absolute atomic E-state index is 11.3. The Bertz CT molecular complexity index is 645. The van der Waals surface area contributed by atoms with E-state index in [4.69, 9.17) is 23.7 Å². The van der Waals surface area contributed by atoms with Crippen molar-refractivity contribution in [3.05, 3.63) is 56.1 Å². The predicted molar refractivity (Wildman–Crippen MR) is 109 cm³/mol. The lowest BCUT2D eigenvalue weighted by Crippen LogP contribution is -2.44. The van der Waals surface area contributed by atoms with E-state index in [-0.39, 0.29) is 38.5 Å². The third-order valence-corrected chi connectivity index (χ3v) is 5.83. The highest BCUT2D eigenvalue weighted by atomic mass is 32.2. The lowest BCUT2D eigenvalue weighted by atomic mass is 10.1. The van der Waals surface area contributed by atoms with E-state index in [9.17, 15) is 20.2 Å². The summed E-state index contributed by atoms with van der Waals surface area (Å²) in [6.45, 7) is 0. The van der Waals surface area contributed by atoms with Crippen molar-refractivity contribution >= 4 is 56.6 Å². The summed E-state index contributed by atoms with van der Waals surface area (Å²) in [6, 6.07) is 9.32. The van der Waals surface area contributed by atoms with Crippen molar-refractivity contribution in [1.29, 1.82) is 0 Å². The van der Waals surface area contributed by atoms with Crippen molar-refractivity contribution < 1.29 is 9.85 Å². The maximum Gasteiger partial charge on any atom is 0.512 e. The fourth-order valence-corrected chi connectivity index (χ4v) is 4.48. The fourth-order valence-electron chi connectivity index (χ4n) is 2.16. The van der Waals surface area contributed by atoms with E-state index < -0.39 is 14.8 Å². The fraction of sp³-hybridized carbons (Fsp3) is 0.385. The van der Waals surface area contributed by atoms with Gasteiger partial charge in [-0.15, -0.1) is 0 Å². The van der Waals surface area contributed by atoms with Gasteiger partial charge in [-0.25, -0.2) is 0 Å². The smallest absolute Gasteiger partial charge is 0.385 e. The molecule has 4 N–H and O–H groups in total. The van der Waals surface area contributed by atoms with Crippen LogP contribution in [0.1, 0.15) is 30.1 Å². The molecule has 1 aromatic rings. The Morgan fingerprint density at radius 3 is 2.12 bits per heavy atom. The first kappa shape index (κ1) is 21.5. The monoisotopic (exact) mass is 420 g/mol. The van der Waals surface area contributed by atoms with Gasteiger partial charge in [-0.05, 0) is 18.4 Å². The van der Waals surface area contributed by atoms with Gasteiger partial charge in [0, 0.05) is 5.25 Å². The molecule has 1 atom stereocenters. The van der Waals surface area contributed by atoms with Crippen molar-refractivity contribution in [2.45, 2.75) is 29.5 Å². The molecule has 1 aromatic carbocycles. The van der Waals surface area contributed by atoms with E-state index in [2.05, 4.69) is 12.2 Å². The Labute approximate surface area is 163 Å². The van der Waals surface area contributed by atoms with Crippen LogP contribution in [-0.4, -0.2) is 23.5 Å². The molecule has 0 fully saturated rings. The van der Waals surface area contributed by atoms with Gasteiger partial charge in [0.2, 0.25) is 0 Å². The molecule has 8 nitrogen and oxygen atoms in total. The van der Waals surface area contributed by atoms with E-state index >= 15 is 0 Å². The van der Waals surface area contributed by atoms with Crippen LogP contribution in [0.3, 0.4) is 0 Å². The van der Waals surface area contributed by atoms with Gasteiger partial charge in [-0.2, -0.15) is 0 Å². The normalized spacial score (nSPS) is 12.3. The Balaban J connectivity index is 2.90. The molecule has 0 saturated heterocycles. The standard InChI is InChI=1S/C13H16N4O4S4/c14-11(22)24-10(9-5-2-1-3-6-9)7-4-8-13(16(18)19,17(20)21)25-12(15)23/h1-3,5-6,10H,4,7-8H2,(H2,14,22)(H2,15,23). The van der Waals surface area contributed by atoms with Gasteiger partial charge in [0.1, 0.15) is 24.9 Å². The maximum atomic E-state index is 11.3. The van der Waals surface area contributed by atoms with Gasteiger partial charge in [0.05, 0.1) is 11.8 Å². The van der Waals surface area contributed by atoms with Crippen molar-refractivity contribution in [3.63, 3.8) is 0 Å². The van der Waals surface area contributed by atoms with Crippen molar-refractivity contribution in [3.8, 4) is 0 Å². The van der Waals surface area contributed by atoms with Crippen molar-refractivity contribution in [2.75, 3.05) is 0 Å². The van der Waals surface area contributed by atoms with Crippen LogP contribution in [0.25, 0.3) is 0 Å². The molecule has 136 valence electrons. The third kappa shape index (κ3) is 6.38. The molecule has 0 spiro atoms. The molecule has 0 heterocycles. The summed E-state index contributed by atoms with van der Waals surface area (Å²) >= 11 is 11.1. The summed E-state index contributed by atoms with van der Waals surface area (Å²) in [5.74, 6) is 0. The number of benzene rings is 1. The topological polar surface area (TPSA) is 138 Å². The van der Waals surface area contributed by atoms with Crippen LogP contribution in [0.2, 0.25) is 0 Å². The Kier molecular flexibility index (Phi) is 8.48. The summed E-state index contributed by atoms with van der Waals surface area (Å²) < 4.78 is -0.105. The molecule has 1 unspecified atom stereocenters. The minimum Gasteiger partial charge on any atom is -0.385 e. The number of thiocarbonyl (C=S) groups is 2. The molecule has 25 heavy (non-hydrogen) atoms. The van der Waals surface area contributed by atoms with E-state index in [0.29, 0.717) is 6.42 Å². The molecule has 0 aromatic heterocycles. The first-order valence-corrected chi connectivity index (χ1v) is 9.48. The van der Waals surface area contributed by atoms with E-state index in [0.717, 1.165) is 5.56 Å². The van der Waals surface area contributed by atoms with Crippen LogP contribution < -0.4 is 11.5 Å². The molecule has 0 saturated carbocycles. The zero-order valence-corrected chi connectivity index (χ0v) is 16.2. The molecule has 12 heteroatoms. The number of thioether (sulfide) groups is 2. The van der Waals surface area contributed by atoms with Crippen LogP contribution in [-0.2, 0) is 0 Å². The van der Waals surface area contributed by atoms with Gasteiger partial charge >= 0.3 is 4.99 Å². The van der Waals surface area contributed by atoms with Gasteiger partial charge in [-0.1, -0.05) is 66.5 Å². The van der Waals surface area contributed by atoms with Gasteiger partial charge < -0.3 is 11.5 Å². The number of nitro groups is 2. The van der Waals surface area contributed by atoms with Gasteiger partial charge in [-0.3, -0.25) is 20.2 Å². The van der Waals surface area contributed by atoms with Crippen molar-refractivity contribution in [1.82, 2.24) is 0 Å². The van der Waals surface area contributed by atoms with E-state index in [1.165, 1.54) is 11.8 Å². The van der Waals surface area contributed by atoms with E-state index in [1.54, 1.807) is 0 Å². The Morgan fingerprint density at radius 1 is 1.12 bits per heavy atom. The predicted octanol–water partition coefficient (Wildman–Crippen LogP) is 3.06. The molecule has 0 radical (unpaired) electrons.